The van der Waals surface area contributed by atoms with Crippen molar-refractivity contribution in [1.29, 1.82) is 5.26 Å². The molecule has 5 heterocycles. The summed E-state index contributed by atoms with van der Waals surface area (Å²) >= 11 is 0. The summed E-state index contributed by atoms with van der Waals surface area (Å²) in [5.41, 5.74) is -2.13. The Balaban J connectivity index is 1.23. The van der Waals surface area contributed by atoms with Gasteiger partial charge in [-0.05, 0) is 49.4 Å². The zero-order valence-electron chi connectivity index (χ0n) is 28.3. The number of urea groups is 1. The lowest BCUT2D eigenvalue weighted by atomic mass is 9.73. The van der Waals surface area contributed by atoms with Crippen molar-refractivity contribution in [3.63, 3.8) is 0 Å². The molecule has 1 aromatic heterocycles. The van der Waals surface area contributed by atoms with Gasteiger partial charge in [0.05, 0.1) is 49.8 Å². The van der Waals surface area contributed by atoms with Gasteiger partial charge in [0, 0.05) is 75.6 Å². The van der Waals surface area contributed by atoms with Crippen molar-refractivity contribution in [1.82, 2.24) is 25.0 Å². The van der Waals surface area contributed by atoms with Crippen molar-refractivity contribution in [2.24, 2.45) is 5.41 Å². The van der Waals surface area contributed by atoms with E-state index in [0.717, 1.165) is 70.7 Å². The van der Waals surface area contributed by atoms with Gasteiger partial charge in [-0.3, -0.25) is 9.69 Å². The number of pyridine rings is 1. The van der Waals surface area contributed by atoms with E-state index in [0.29, 0.717) is 17.4 Å². The van der Waals surface area contributed by atoms with Gasteiger partial charge in [-0.1, -0.05) is 0 Å². The van der Waals surface area contributed by atoms with E-state index < -0.39 is 38.2 Å². The number of aromatic nitrogens is 1. The summed E-state index contributed by atoms with van der Waals surface area (Å²) in [6.07, 6.45) is 1.45. The molecule has 0 bridgehead atoms. The molecule has 0 saturated carbocycles. The number of methoxy groups -OCH3 is 1. The molecule has 0 aliphatic carbocycles. The molecular formula is C35H38FN7O7S. The van der Waals surface area contributed by atoms with Crippen molar-refractivity contribution in [2.75, 3.05) is 83.6 Å². The van der Waals surface area contributed by atoms with Crippen molar-refractivity contribution in [3.05, 3.63) is 77.2 Å². The predicted molar refractivity (Wildman–Crippen MR) is 181 cm³/mol. The number of hydrogen-bond donors (Lipinski definition) is 1. The van der Waals surface area contributed by atoms with E-state index in [2.05, 4.69) is 20.1 Å². The van der Waals surface area contributed by atoms with E-state index in [1.807, 2.05) is 6.07 Å². The van der Waals surface area contributed by atoms with Gasteiger partial charge < -0.3 is 29.3 Å². The number of anilines is 1. The highest BCUT2D eigenvalue weighted by Gasteiger charge is 2.61. The molecule has 16 heteroatoms. The fourth-order valence-electron chi connectivity index (χ4n) is 7.54. The third-order valence-corrected chi connectivity index (χ3v) is 11.7. The van der Waals surface area contributed by atoms with Crippen LogP contribution >= 0.6 is 0 Å². The number of ether oxygens (including phenoxy) is 3. The molecule has 1 N–H and O–H groups in total. The summed E-state index contributed by atoms with van der Waals surface area (Å²) in [7, 11) is -3.61. The second-order valence-corrected chi connectivity index (χ2v) is 15.0. The van der Waals surface area contributed by atoms with Crippen LogP contribution in [0.4, 0.5) is 14.9 Å². The fraction of sp³-hybridized carbons (Fsp3) is 0.429. The Morgan fingerprint density at radius 3 is 2.51 bits per heavy atom. The Morgan fingerprint density at radius 1 is 1.06 bits per heavy atom. The number of nitriles is 1. The van der Waals surface area contributed by atoms with Crippen LogP contribution in [-0.2, 0) is 25.1 Å². The van der Waals surface area contributed by atoms with Gasteiger partial charge in [-0.25, -0.2) is 22.6 Å². The number of hydrogen-bond acceptors (Lipinski definition) is 11. The van der Waals surface area contributed by atoms with E-state index >= 15 is 4.79 Å². The third-order valence-electron chi connectivity index (χ3n) is 9.94. The van der Waals surface area contributed by atoms with Gasteiger partial charge in [-0.15, -0.1) is 0 Å². The number of carbonyl (C=O) groups excluding carboxylic acids is 2. The fourth-order valence-corrected chi connectivity index (χ4v) is 9.15. The summed E-state index contributed by atoms with van der Waals surface area (Å²) in [6.45, 7) is 9.65. The highest BCUT2D eigenvalue weighted by molar-refractivity contribution is 7.93. The monoisotopic (exact) mass is 719 g/mol. The Bertz CT molecular complexity index is 2010. The number of nitrogens with one attached hydrogen (secondary N) is 1. The largest absolute Gasteiger partial charge is 0.495 e. The number of carbonyl (C=O) groups is 2. The average Bonchev–Trinajstić information content (AvgIpc) is 3.34. The van der Waals surface area contributed by atoms with Crippen molar-refractivity contribution >= 4 is 27.6 Å². The molecule has 3 aromatic rings. The Labute approximate surface area is 295 Å². The third kappa shape index (κ3) is 5.93. The number of sulfonamides is 1. The lowest BCUT2D eigenvalue weighted by Crippen LogP contribution is -2.74. The Morgan fingerprint density at radius 2 is 1.80 bits per heavy atom. The highest BCUT2D eigenvalue weighted by Crippen LogP contribution is 2.50. The minimum absolute atomic E-state index is 0.00412. The van der Waals surface area contributed by atoms with Crippen molar-refractivity contribution < 1.29 is 36.6 Å². The van der Waals surface area contributed by atoms with Crippen LogP contribution in [0.15, 0.2) is 59.6 Å². The average molecular weight is 720 g/mol. The number of halogens is 1. The molecule has 3 saturated heterocycles. The molecule has 1 atom stereocenters. The minimum atomic E-state index is -4.80. The van der Waals surface area contributed by atoms with E-state index in [9.17, 15) is 22.9 Å². The maximum atomic E-state index is 15.0. The number of amides is 3. The van der Waals surface area contributed by atoms with Gasteiger partial charge in [0.15, 0.2) is 5.54 Å². The number of fused-ring (bicyclic) bond motifs is 1. The molecule has 4 aliphatic rings. The van der Waals surface area contributed by atoms with Gasteiger partial charge in [0.1, 0.15) is 16.5 Å². The van der Waals surface area contributed by atoms with Crippen LogP contribution in [0, 0.1) is 22.6 Å². The van der Waals surface area contributed by atoms with Crippen molar-refractivity contribution in [2.45, 2.75) is 17.4 Å². The summed E-state index contributed by atoms with van der Waals surface area (Å²) < 4.78 is 60.1. The quantitative estimate of drug-likeness (QED) is 0.328. The maximum absolute atomic E-state index is 15.0. The molecule has 1 spiro atoms. The molecule has 3 amide bonds. The summed E-state index contributed by atoms with van der Waals surface area (Å²) in [5.74, 6) is -2.12. The highest BCUT2D eigenvalue weighted by atomic mass is 32.2. The smallest absolute Gasteiger partial charge is 0.318 e. The van der Waals surface area contributed by atoms with E-state index in [1.54, 1.807) is 17.9 Å². The first-order chi connectivity index (χ1) is 24.5. The van der Waals surface area contributed by atoms with Gasteiger partial charge >= 0.3 is 6.03 Å². The topological polar surface area (TPSA) is 158 Å². The number of benzene rings is 2. The van der Waals surface area contributed by atoms with E-state index in [-0.39, 0.29) is 46.0 Å². The Hall–Kier alpha value is -4.82. The van der Waals surface area contributed by atoms with Crippen LogP contribution in [-0.4, -0.2) is 119 Å². The standard InChI is InChI=1S/C35H38FN7O7S/c1-3-50-31-26(5-4-10-38-31)35(39-33(45)42-22-34(23-42)20-41(21-34)12-11-40-13-15-49-16-14-40)27-17-24(19-37)6-8-28(27)43(32(35)44)51(46,47)30-9-7-25(36)18-29(30)48-2/h4-10,17-18H,3,11-16,20-23H2,1-2H3,(H,39,45)/t35-/m1/s1. The molecule has 0 radical (unpaired) electrons. The lowest BCUT2D eigenvalue weighted by Gasteiger charge is -2.60. The zero-order valence-corrected chi connectivity index (χ0v) is 29.1. The van der Waals surface area contributed by atoms with Crippen LogP contribution < -0.4 is 19.1 Å². The van der Waals surface area contributed by atoms with Gasteiger partial charge in [-0.2, -0.15) is 9.57 Å². The normalized spacial score (nSPS) is 21.4. The summed E-state index contributed by atoms with van der Waals surface area (Å²) in [4.78, 5) is 39.5. The molecule has 2 aromatic carbocycles. The molecular weight excluding hydrogens is 681 g/mol. The predicted octanol–water partition coefficient (Wildman–Crippen LogP) is 2.14. The second kappa shape index (κ2) is 13.4. The van der Waals surface area contributed by atoms with Crippen LogP contribution in [0.5, 0.6) is 11.6 Å². The first kappa shape index (κ1) is 34.6. The first-order valence-electron chi connectivity index (χ1n) is 16.7. The van der Waals surface area contributed by atoms with E-state index in [4.69, 9.17) is 14.2 Å². The molecule has 4 aliphatic heterocycles. The minimum Gasteiger partial charge on any atom is -0.495 e. The van der Waals surface area contributed by atoms with Crippen LogP contribution in [0.25, 0.3) is 0 Å². The van der Waals surface area contributed by atoms with Crippen LogP contribution in [0.3, 0.4) is 0 Å². The number of likely N-dealkylation sites (tertiary alicyclic amines) is 2. The van der Waals surface area contributed by atoms with Gasteiger partial charge in [0.25, 0.3) is 15.9 Å². The van der Waals surface area contributed by atoms with Gasteiger partial charge in [0.2, 0.25) is 5.88 Å². The summed E-state index contributed by atoms with van der Waals surface area (Å²) in [6, 6.07) is 11.5. The van der Waals surface area contributed by atoms with E-state index in [1.165, 1.54) is 37.6 Å². The lowest BCUT2D eigenvalue weighted by molar-refractivity contribution is -0.122. The number of rotatable bonds is 10. The second-order valence-electron chi connectivity index (χ2n) is 13.2. The molecule has 3 fully saturated rings. The number of nitrogens with zero attached hydrogens (tertiary/aromatic N) is 6. The molecule has 14 nitrogen and oxygen atoms in total. The van der Waals surface area contributed by atoms with Crippen molar-refractivity contribution in [3.8, 4) is 17.7 Å². The number of morpholine rings is 1. The molecule has 0 unspecified atom stereocenters. The maximum Gasteiger partial charge on any atom is 0.318 e. The van der Waals surface area contributed by atoms with Crippen LogP contribution in [0.1, 0.15) is 23.6 Å². The zero-order chi connectivity index (χ0) is 36.0. The molecule has 7 rings (SSSR count). The summed E-state index contributed by atoms with van der Waals surface area (Å²) in [5, 5.41) is 12.8. The van der Waals surface area contributed by atoms with Crippen LogP contribution in [0.2, 0.25) is 0 Å². The SMILES string of the molecule is CCOc1ncccc1[C@]1(NC(=O)N2CC3(CN(CCN4CCOCC4)C3)C2)C(=O)N(S(=O)(=O)c2ccc(F)cc2OC)c2ccc(C#N)cc21. The molecule has 268 valence electrons. The molecule has 51 heavy (non-hydrogen) atoms. The first-order valence-corrected chi connectivity index (χ1v) is 18.1. The Kier molecular flexibility index (Phi) is 9.08.